The quantitative estimate of drug-likeness (QED) is 0.799. The van der Waals surface area contributed by atoms with Crippen molar-refractivity contribution >= 4 is 10.0 Å². The van der Waals surface area contributed by atoms with E-state index in [-0.39, 0.29) is 17.2 Å². The summed E-state index contributed by atoms with van der Waals surface area (Å²) < 4.78 is 38.9. The molecule has 8 heteroatoms. The first-order valence-electron chi connectivity index (χ1n) is 6.97. The molecule has 2 rings (SSSR count). The van der Waals surface area contributed by atoms with Gasteiger partial charge in [0.2, 0.25) is 10.0 Å². The summed E-state index contributed by atoms with van der Waals surface area (Å²) in [5.74, 6) is 0.783. The first-order chi connectivity index (χ1) is 10.8. The number of ether oxygens (including phenoxy) is 2. The largest absolute Gasteiger partial charge is 0.497 e. The van der Waals surface area contributed by atoms with Gasteiger partial charge in [-0.2, -0.15) is 9.40 Å². The zero-order valence-corrected chi connectivity index (χ0v) is 14.7. The fourth-order valence-electron chi connectivity index (χ4n) is 2.18. The van der Waals surface area contributed by atoms with Crippen LogP contribution in [0, 0.1) is 6.92 Å². The van der Waals surface area contributed by atoms with E-state index in [0.29, 0.717) is 5.75 Å². The summed E-state index contributed by atoms with van der Waals surface area (Å²) in [7, 11) is 2.60. The molecule has 0 unspecified atom stereocenters. The van der Waals surface area contributed by atoms with E-state index in [1.165, 1.54) is 31.6 Å². The number of benzene rings is 1. The van der Waals surface area contributed by atoms with Gasteiger partial charge in [-0.15, -0.1) is 0 Å². The van der Waals surface area contributed by atoms with Crippen molar-refractivity contribution in [1.82, 2.24) is 14.1 Å². The average Bonchev–Trinajstić information content (AvgIpc) is 2.86. The number of aryl methyl sites for hydroxylation is 1. The van der Waals surface area contributed by atoms with Gasteiger partial charge < -0.3 is 9.47 Å². The highest BCUT2D eigenvalue weighted by atomic mass is 32.2. The van der Waals surface area contributed by atoms with Crippen LogP contribution in [0.25, 0.3) is 0 Å². The Labute approximate surface area is 136 Å². The third-order valence-corrected chi connectivity index (χ3v) is 5.63. The monoisotopic (exact) mass is 339 g/mol. The zero-order chi connectivity index (χ0) is 17.2. The second-order valence-corrected chi connectivity index (χ2v) is 7.17. The molecule has 7 nitrogen and oxygen atoms in total. The van der Waals surface area contributed by atoms with Crippen LogP contribution >= 0.6 is 0 Å². The highest BCUT2D eigenvalue weighted by Crippen LogP contribution is 2.30. The smallest absolute Gasteiger partial charge is 0.246 e. The highest BCUT2D eigenvalue weighted by molar-refractivity contribution is 7.89. The molecule has 2 aromatic rings. The van der Waals surface area contributed by atoms with Crippen LogP contribution in [0.4, 0.5) is 0 Å². The van der Waals surface area contributed by atoms with E-state index in [0.717, 1.165) is 11.3 Å². The summed E-state index contributed by atoms with van der Waals surface area (Å²) in [6.07, 6.45) is 1.67. The zero-order valence-electron chi connectivity index (χ0n) is 13.9. The minimum Gasteiger partial charge on any atom is -0.497 e. The number of methoxy groups -OCH3 is 2. The number of nitrogens with zero attached hydrogens (tertiary/aromatic N) is 3. The summed E-state index contributed by atoms with van der Waals surface area (Å²) in [5, 5.41) is 4.13. The van der Waals surface area contributed by atoms with Crippen molar-refractivity contribution in [3.05, 3.63) is 35.7 Å². The topological polar surface area (TPSA) is 73.7 Å². The van der Waals surface area contributed by atoms with Gasteiger partial charge in [0, 0.05) is 38.0 Å². The Morgan fingerprint density at radius 2 is 1.96 bits per heavy atom. The van der Waals surface area contributed by atoms with Gasteiger partial charge in [0.05, 0.1) is 20.4 Å². The number of sulfonamides is 1. The van der Waals surface area contributed by atoms with E-state index in [4.69, 9.17) is 9.47 Å². The third kappa shape index (κ3) is 3.32. The fourth-order valence-corrected chi connectivity index (χ4v) is 3.46. The molecule has 1 heterocycles. The lowest BCUT2D eigenvalue weighted by molar-refractivity contribution is 0.383. The van der Waals surface area contributed by atoms with Crippen molar-refractivity contribution in [2.24, 2.45) is 7.05 Å². The van der Waals surface area contributed by atoms with E-state index in [9.17, 15) is 8.42 Å². The van der Waals surface area contributed by atoms with E-state index in [1.807, 2.05) is 14.0 Å². The number of rotatable bonds is 6. The Bertz CT molecular complexity index is 799. The second-order valence-electron chi connectivity index (χ2n) is 5.16. The summed E-state index contributed by atoms with van der Waals surface area (Å²) in [6.45, 7) is 2.13. The molecule has 0 aliphatic heterocycles. The lowest BCUT2D eigenvalue weighted by atomic mass is 10.3. The SMILES string of the molecule is COc1ccc(S(=O)(=O)N(C)Cc2cnn(C)c2C)c(OC)c1. The molecule has 0 radical (unpaired) electrons. The van der Waals surface area contributed by atoms with Crippen molar-refractivity contribution in [2.75, 3.05) is 21.3 Å². The van der Waals surface area contributed by atoms with Crippen LogP contribution < -0.4 is 9.47 Å². The predicted octanol–water partition coefficient (Wildman–Crippen LogP) is 1.57. The Kier molecular flexibility index (Phi) is 4.96. The van der Waals surface area contributed by atoms with Gasteiger partial charge >= 0.3 is 0 Å². The highest BCUT2D eigenvalue weighted by Gasteiger charge is 2.26. The Hall–Kier alpha value is -2.06. The molecule has 1 aromatic heterocycles. The van der Waals surface area contributed by atoms with Gasteiger partial charge in [0.15, 0.2) is 0 Å². The van der Waals surface area contributed by atoms with Crippen molar-refractivity contribution in [1.29, 1.82) is 0 Å². The number of hydrogen-bond donors (Lipinski definition) is 0. The lowest BCUT2D eigenvalue weighted by Gasteiger charge is -2.19. The average molecular weight is 339 g/mol. The molecule has 0 aliphatic rings. The van der Waals surface area contributed by atoms with Gasteiger partial charge in [-0.3, -0.25) is 4.68 Å². The third-order valence-electron chi connectivity index (χ3n) is 3.79. The lowest BCUT2D eigenvalue weighted by Crippen LogP contribution is -2.27. The van der Waals surface area contributed by atoms with Gasteiger partial charge in [0.1, 0.15) is 16.4 Å². The molecule has 1 aromatic carbocycles. The van der Waals surface area contributed by atoms with E-state index in [2.05, 4.69) is 5.10 Å². The van der Waals surface area contributed by atoms with Gasteiger partial charge in [-0.05, 0) is 19.1 Å². The molecule has 0 saturated heterocycles. The molecule has 0 bridgehead atoms. The van der Waals surface area contributed by atoms with E-state index < -0.39 is 10.0 Å². The van der Waals surface area contributed by atoms with Crippen LogP contribution in [-0.2, 0) is 23.6 Å². The molecule has 0 aliphatic carbocycles. The number of aromatic nitrogens is 2. The van der Waals surface area contributed by atoms with E-state index >= 15 is 0 Å². The molecule has 0 N–H and O–H groups in total. The maximum absolute atomic E-state index is 12.8. The molecule has 126 valence electrons. The Balaban J connectivity index is 2.35. The Morgan fingerprint density at radius 3 is 2.48 bits per heavy atom. The second kappa shape index (κ2) is 6.59. The van der Waals surface area contributed by atoms with E-state index in [1.54, 1.807) is 23.0 Å². The van der Waals surface area contributed by atoms with Crippen LogP contribution in [0.1, 0.15) is 11.3 Å². The Morgan fingerprint density at radius 1 is 1.26 bits per heavy atom. The van der Waals surface area contributed by atoms with Gasteiger partial charge in [-0.25, -0.2) is 8.42 Å². The van der Waals surface area contributed by atoms with Crippen LogP contribution in [0.5, 0.6) is 11.5 Å². The standard InChI is InChI=1S/C15H21N3O4S/c1-11-12(9-16-18(11)3)10-17(2)23(19,20)15-7-6-13(21-4)8-14(15)22-5/h6-9H,10H2,1-5H3. The molecule has 0 saturated carbocycles. The van der Waals surface area contributed by atoms with Crippen LogP contribution in [-0.4, -0.2) is 43.8 Å². The summed E-state index contributed by atoms with van der Waals surface area (Å²) in [4.78, 5) is 0.102. The molecule has 0 spiro atoms. The van der Waals surface area contributed by atoms with Crippen LogP contribution in [0.3, 0.4) is 0 Å². The maximum atomic E-state index is 12.8. The summed E-state index contributed by atoms with van der Waals surface area (Å²) >= 11 is 0. The molecular weight excluding hydrogens is 318 g/mol. The van der Waals surface area contributed by atoms with Gasteiger partial charge in [-0.1, -0.05) is 0 Å². The predicted molar refractivity (Wildman–Crippen MR) is 86.1 cm³/mol. The number of hydrogen-bond acceptors (Lipinski definition) is 5. The normalized spacial score (nSPS) is 11.7. The van der Waals surface area contributed by atoms with Crippen LogP contribution in [0.2, 0.25) is 0 Å². The first-order valence-corrected chi connectivity index (χ1v) is 8.41. The fraction of sp³-hybridized carbons (Fsp3) is 0.400. The first kappa shape index (κ1) is 17.3. The van der Waals surface area contributed by atoms with Crippen molar-refractivity contribution in [2.45, 2.75) is 18.4 Å². The summed E-state index contributed by atoms with van der Waals surface area (Å²) in [6, 6.07) is 4.63. The minimum absolute atomic E-state index is 0.102. The molecule has 0 amide bonds. The molecule has 0 fully saturated rings. The maximum Gasteiger partial charge on any atom is 0.246 e. The van der Waals surface area contributed by atoms with Crippen molar-refractivity contribution in [3.63, 3.8) is 0 Å². The minimum atomic E-state index is -3.70. The molecule has 23 heavy (non-hydrogen) atoms. The summed E-state index contributed by atoms with van der Waals surface area (Å²) in [5.41, 5.74) is 1.78. The van der Waals surface area contributed by atoms with Gasteiger partial charge in [0.25, 0.3) is 0 Å². The van der Waals surface area contributed by atoms with Crippen molar-refractivity contribution < 1.29 is 17.9 Å². The van der Waals surface area contributed by atoms with Crippen LogP contribution in [0.15, 0.2) is 29.3 Å². The molecular formula is C15H21N3O4S. The molecule has 0 atom stereocenters. The van der Waals surface area contributed by atoms with Crippen molar-refractivity contribution in [3.8, 4) is 11.5 Å².